The van der Waals surface area contributed by atoms with E-state index >= 15 is 0 Å². The fraction of sp³-hybridized carbons (Fsp3) is 0.588. The van der Waals surface area contributed by atoms with Crippen molar-refractivity contribution in [3.8, 4) is 0 Å². The Kier molecular flexibility index (Phi) is 6.05. The van der Waals surface area contributed by atoms with Crippen LogP contribution in [-0.4, -0.2) is 30.4 Å². The van der Waals surface area contributed by atoms with Crippen LogP contribution in [0.25, 0.3) is 0 Å². The van der Waals surface area contributed by atoms with Crippen LogP contribution < -0.4 is 11.1 Å². The van der Waals surface area contributed by atoms with E-state index in [1.54, 1.807) is 6.07 Å². The van der Waals surface area contributed by atoms with Gasteiger partial charge in [0.05, 0.1) is 6.54 Å². The normalized spacial score (nSPS) is 20.0. The Morgan fingerprint density at radius 3 is 3.00 bits per heavy atom. The molecule has 4 nitrogen and oxygen atoms in total. The van der Waals surface area contributed by atoms with Crippen molar-refractivity contribution in [2.75, 3.05) is 30.7 Å². The molecule has 1 saturated heterocycles. The van der Waals surface area contributed by atoms with E-state index in [2.05, 4.69) is 17.1 Å². The highest BCUT2D eigenvalue weighted by Gasteiger charge is 2.18. The van der Waals surface area contributed by atoms with E-state index in [1.807, 2.05) is 18.2 Å². The summed E-state index contributed by atoms with van der Waals surface area (Å²) in [5.41, 5.74) is 7.17. The van der Waals surface area contributed by atoms with E-state index in [0.29, 0.717) is 12.2 Å². The average Bonchev–Trinajstić information content (AvgIpc) is 2.65. The van der Waals surface area contributed by atoms with Crippen molar-refractivity contribution in [1.82, 2.24) is 4.90 Å². The molecule has 1 atom stereocenters. The first-order valence-electron chi connectivity index (χ1n) is 8.05. The van der Waals surface area contributed by atoms with Gasteiger partial charge in [0.2, 0.25) is 5.91 Å². The van der Waals surface area contributed by atoms with E-state index in [4.69, 9.17) is 5.73 Å². The first-order chi connectivity index (χ1) is 10.2. The predicted octanol–water partition coefficient (Wildman–Crippen LogP) is 3.11. The first-order valence-corrected chi connectivity index (χ1v) is 8.05. The third-order valence-corrected chi connectivity index (χ3v) is 4.17. The largest absolute Gasteiger partial charge is 0.399 e. The zero-order chi connectivity index (χ0) is 15.1. The Bertz CT molecular complexity index is 461. The van der Waals surface area contributed by atoms with Gasteiger partial charge in [-0.3, -0.25) is 9.69 Å². The van der Waals surface area contributed by atoms with Crippen molar-refractivity contribution in [2.24, 2.45) is 5.92 Å². The molecule has 2 rings (SSSR count). The second-order valence-electron chi connectivity index (χ2n) is 6.04. The molecule has 116 valence electrons. The minimum absolute atomic E-state index is 0.0505. The van der Waals surface area contributed by atoms with Crippen molar-refractivity contribution in [3.05, 3.63) is 24.3 Å². The van der Waals surface area contributed by atoms with Gasteiger partial charge in [0.25, 0.3) is 0 Å². The van der Waals surface area contributed by atoms with Crippen LogP contribution in [0.4, 0.5) is 11.4 Å². The number of carbonyl (C=O) groups excluding carboxylic acids is 1. The number of nitrogen functional groups attached to an aromatic ring is 1. The minimum atomic E-state index is 0.0505. The molecular weight excluding hydrogens is 262 g/mol. The van der Waals surface area contributed by atoms with Gasteiger partial charge in [0.1, 0.15) is 0 Å². The van der Waals surface area contributed by atoms with Gasteiger partial charge in [0.15, 0.2) is 0 Å². The summed E-state index contributed by atoms with van der Waals surface area (Å²) < 4.78 is 0. The zero-order valence-electron chi connectivity index (χ0n) is 13.0. The quantitative estimate of drug-likeness (QED) is 0.819. The zero-order valence-corrected chi connectivity index (χ0v) is 13.0. The Morgan fingerprint density at radius 1 is 1.38 bits per heavy atom. The maximum absolute atomic E-state index is 12.1. The molecule has 1 unspecified atom stereocenters. The van der Waals surface area contributed by atoms with Crippen LogP contribution in [0, 0.1) is 5.92 Å². The van der Waals surface area contributed by atoms with E-state index < -0.39 is 0 Å². The molecule has 0 aliphatic carbocycles. The minimum Gasteiger partial charge on any atom is -0.399 e. The number of nitrogens with one attached hydrogen (secondary N) is 1. The van der Waals surface area contributed by atoms with Crippen LogP contribution in [0.3, 0.4) is 0 Å². The lowest BCUT2D eigenvalue weighted by atomic mass is 9.96. The van der Waals surface area contributed by atoms with Crippen molar-refractivity contribution >= 4 is 17.3 Å². The smallest absolute Gasteiger partial charge is 0.238 e. The van der Waals surface area contributed by atoms with E-state index in [0.717, 1.165) is 24.7 Å². The summed E-state index contributed by atoms with van der Waals surface area (Å²) in [6.45, 7) is 4.80. The first kappa shape index (κ1) is 15.8. The Hall–Kier alpha value is -1.55. The second-order valence-corrected chi connectivity index (χ2v) is 6.04. The molecule has 21 heavy (non-hydrogen) atoms. The van der Waals surface area contributed by atoms with Crippen LogP contribution in [0.15, 0.2) is 24.3 Å². The SMILES string of the molecule is CCCC1CCCN(CC(=O)Nc2cccc(N)c2)CC1. The highest BCUT2D eigenvalue weighted by molar-refractivity contribution is 5.92. The van der Waals surface area contributed by atoms with Gasteiger partial charge in [-0.2, -0.15) is 0 Å². The summed E-state index contributed by atoms with van der Waals surface area (Å²) in [6, 6.07) is 7.33. The lowest BCUT2D eigenvalue weighted by Crippen LogP contribution is -2.34. The van der Waals surface area contributed by atoms with Gasteiger partial charge in [0, 0.05) is 11.4 Å². The molecular formula is C17H27N3O. The monoisotopic (exact) mass is 289 g/mol. The molecule has 4 heteroatoms. The number of nitrogens with two attached hydrogens (primary N) is 1. The van der Waals surface area contributed by atoms with Gasteiger partial charge < -0.3 is 11.1 Å². The number of nitrogens with zero attached hydrogens (tertiary/aromatic N) is 1. The van der Waals surface area contributed by atoms with Gasteiger partial charge in [-0.05, 0) is 56.5 Å². The van der Waals surface area contributed by atoms with E-state index in [9.17, 15) is 4.79 Å². The van der Waals surface area contributed by atoms with Crippen LogP contribution in [-0.2, 0) is 4.79 Å². The highest BCUT2D eigenvalue weighted by atomic mass is 16.2. The topological polar surface area (TPSA) is 58.4 Å². The Morgan fingerprint density at radius 2 is 2.24 bits per heavy atom. The van der Waals surface area contributed by atoms with Gasteiger partial charge in [-0.15, -0.1) is 0 Å². The van der Waals surface area contributed by atoms with E-state index in [-0.39, 0.29) is 5.91 Å². The third-order valence-electron chi connectivity index (χ3n) is 4.17. The molecule has 0 saturated carbocycles. The second kappa shape index (κ2) is 8.03. The summed E-state index contributed by atoms with van der Waals surface area (Å²) >= 11 is 0. The van der Waals surface area contributed by atoms with Crippen LogP contribution in [0.1, 0.15) is 39.0 Å². The number of hydrogen-bond acceptors (Lipinski definition) is 3. The molecule has 1 aromatic rings. The van der Waals surface area contributed by atoms with Crippen molar-refractivity contribution in [2.45, 2.75) is 39.0 Å². The van der Waals surface area contributed by atoms with E-state index in [1.165, 1.54) is 32.1 Å². The third kappa shape index (κ3) is 5.38. The molecule has 1 amide bonds. The van der Waals surface area contributed by atoms with Crippen LogP contribution in [0.2, 0.25) is 0 Å². The maximum atomic E-state index is 12.1. The summed E-state index contributed by atoms with van der Waals surface area (Å²) in [4.78, 5) is 14.4. The Labute approximate surface area is 127 Å². The standard InChI is InChI=1S/C17H27N3O/c1-2-5-14-6-4-10-20(11-9-14)13-17(21)19-16-8-3-7-15(18)12-16/h3,7-8,12,14H,2,4-6,9-11,13,18H2,1H3,(H,19,21). The number of rotatable bonds is 5. The molecule has 1 aliphatic heterocycles. The lowest BCUT2D eigenvalue weighted by Gasteiger charge is -2.19. The number of amides is 1. The number of carbonyl (C=O) groups is 1. The van der Waals surface area contributed by atoms with Crippen LogP contribution >= 0.6 is 0 Å². The Balaban J connectivity index is 1.80. The summed E-state index contributed by atoms with van der Waals surface area (Å²) in [5, 5.41) is 2.93. The maximum Gasteiger partial charge on any atom is 0.238 e. The molecule has 0 radical (unpaired) electrons. The molecule has 1 aromatic carbocycles. The van der Waals surface area contributed by atoms with Gasteiger partial charge in [-0.25, -0.2) is 0 Å². The molecule has 1 heterocycles. The fourth-order valence-electron chi connectivity index (χ4n) is 3.10. The average molecular weight is 289 g/mol. The molecule has 0 aromatic heterocycles. The number of anilines is 2. The fourth-order valence-corrected chi connectivity index (χ4v) is 3.10. The van der Waals surface area contributed by atoms with Gasteiger partial charge in [-0.1, -0.05) is 25.8 Å². The molecule has 1 aliphatic rings. The lowest BCUT2D eigenvalue weighted by molar-refractivity contribution is -0.117. The van der Waals surface area contributed by atoms with Crippen molar-refractivity contribution in [1.29, 1.82) is 0 Å². The van der Waals surface area contributed by atoms with Crippen molar-refractivity contribution < 1.29 is 4.79 Å². The molecule has 0 spiro atoms. The highest BCUT2D eigenvalue weighted by Crippen LogP contribution is 2.21. The van der Waals surface area contributed by atoms with Crippen molar-refractivity contribution in [3.63, 3.8) is 0 Å². The van der Waals surface area contributed by atoms with Gasteiger partial charge >= 0.3 is 0 Å². The summed E-state index contributed by atoms with van der Waals surface area (Å²) in [5.74, 6) is 0.895. The predicted molar refractivity (Wildman–Crippen MR) is 88.2 cm³/mol. The number of benzene rings is 1. The van der Waals surface area contributed by atoms with Crippen LogP contribution in [0.5, 0.6) is 0 Å². The summed E-state index contributed by atoms with van der Waals surface area (Å²) in [6.07, 6.45) is 6.32. The number of hydrogen-bond donors (Lipinski definition) is 2. The summed E-state index contributed by atoms with van der Waals surface area (Å²) in [7, 11) is 0. The molecule has 3 N–H and O–H groups in total. The molecule has 0 bridgehead atoms. The number of likely N-dealkylation sites (tertiary alicyclic amines) is 1. The molecule has 1 fully saturated rings.